The smallest absolute Gasteiger partial charge is 0.237 e. The van der Waals surface area contributed by atoms with Gasteiger partial charge in [-0.2, -0.15) is 11.8 Å². The Morgan fingerprint density at radius 3 is 2.67 bits per heavy atom. The van der Waals surface area contributed by atoms with Gasteiger partial charge < -0.3 is 5.32 Å². The van der Waals surface area contributed by atoms with Crippen LogP contribution in [0.5, 0.6) is 0 Å². The van der Waals surface area contributed by atoms with Crippen molar-refractivity contribution < 1.29 is 4.79 Å². The van der Waals surface area contributed by atoms with Crippen LogP contribution in [0.2, 0.25) is 0 Å². The lowest BCUT2D eigenvalue weighted by molar-refractivity contribution is -0.131. The SMILES string of the molecule is CCSCCN1C(C)C(=O)NC(C)C1C. The van der Waals surface area contributed by atoms with Crippen LogP contribution in [0.15, 0.2) is 0 Å². The molecule has 4 heteroatoms. The number of rotatable bonds is 4. The van der Waals surface area contributed by atoms with Gasteiger partial charge in [-0.1, -0.05) is 6.92 Å². The first-order valence-corrected chi connectivity index (χ1v) is 6.87. The lowest BCUT2D eigenvalue weighted by atomic mass is 10.0. The molecular formula is C11H22N2OS. The van der Waals surface area contributed by atoms with E-state index in [4.69, 9.17) is 0 Å². The second-order valence-electron chi connectivity index (χ2n) is 4.15. The molecule has 0 aromatic heterocycles. The first-order valence-electron chi connectivity index (χ1n) is 5.71. The van der Waals surface area contributed by atoms with Gasteiger partial charge in [-0.15, -0.1) is 0 Å². The summed E-state index contributed by atoms with van der Waals surface area (Å²) in [5.74, 6) is 2.44. The topological polar surface area (TPSA) is 32.3 Å². The van der Waals surface area contributed by atoms with E-state index in [0.29, 0.717) is 6.04 Å². The number of carbonyl (C=O) groups is 1. The maximum absolute atomic E-state index is 11.6. The summed E-state index contributed by atoms with van der Waals surface area (Å²) in [5.41, 5.74) is 0. The first-order chi connectivity index (χ1) is 7.07. The van der Waals surface area contributed by atoms with Crippen molar-refractivity contribution in [1.82, 2.24) is 10.2 Å². The number of hydrogen-bond donors (Lipinski definition) is 1. The van der Waals surface area contributed by atoms with Crippen LogP contribution >= 0.6 is 11.8 Å². The van der Waals surface area contributed by atoms with E-state index in [-0.39, 0.29) is 18.0 Å². The summed E-state index contributed by atoms with van der Waals surface area (Å²) in [5, 5.41) is 3.01. The van der Waals surface area contributed by atoms with Gasteiger partial charge in [0.2, 0.25) is 5.91 Å². The van der Waals surface area contributed by atoms with Crippen LogP contribution in [-0.4, -0.2) is 47.0 Å². The summed E-state index contributed by atoms with van der Waals surface area (Å²) in [6, 6.07) is 0.726. The lowest BCUT2D eigenvalue weighted by Gasteiger charge is -2.42. The van der Waals surface area contributed by atoms with Gasteiger partial charge in [-0.05, 0) is 26.5 Å². The highest BCUT2D eigenvalue weighted by Gasteiger charge is 2.34. The molecule has 88 valence electrons. The number of hydrogen-bond acceptors (Lipinski definition) is 3. The normalized spacial score (nSPS) is 32.8. The fourth-order valence-corrected chi connectivity index (χ4v) is 2.60. The summed E-state index contributed by atoms with van der Waals surface area (Å²) in [6.07, 6.45) is 0. The molecule has 1 saturated heterocycles. The van der Waals surface area contributed by atoms with Crippen LogP contribution < -0.4 is 5.32 Å². The number of nitrogens with zero attached hydrogens (tertiary/aromatic N) is 1. The zero-order valence-corrected chi connectivity index (χ0v) is 10.9. The molecule has 0 spiro atoms. The molecule has 3 unspecified atom stereocenters. The number of thioether (sulfide) groups is 1. The van der Waals surface area contributed by atoms with Gasteiger partial charge in [0, 0.05) is 24.4 Å². The van der Waals surface area contributed by atoms with E-state index >= 15 is 0 Å². The molecule has 1 rings (SSSR count). The Kier molecular flexibility index (Phi) is 4.93. The zero-order chi connectivity index (χ0) is 11.4. The molecule has 0 saturated carbocycles. The molecule has 3 nitrogen and oxygen atoms in total. The van der Waals surface area contributed by atoms with Crippen molar-refractivity contribution in [2.75, 3.05) is 18.1 Å². The lowest BCUT2D eigenvalue weighted by Crippen LogP contribution is -2.63. The molecule has 1 aliphatic heterocycles. The molecule has 1 amide bonds. The standard InChI is InChI=1S/C11H22N2OS/c1-5-15-7-6-13-9(3)8(2)12-11(14)10(13)4/h8-10H,5-7H2,1-4H3,(H,12,14). The largest absolute Gasteiger partial charge is 0.351 e. The van der Waals surface area contributed by atoms with Gasteiger partial charge in [0.25, 0.3) is 0 Å². The molecule has 15 heavy (non-hydrogen) atoms. The maximum atomic E-state index is 11.6. The Labute approximate surface area is 97.0 Å². The number of nitrogens with one attached hydrogen (secondary N) is 1. The van der Waals surface area contributed by atoms with E-state index < -0.39 is 0 Å². The van der Waals surface area contributed by atoms with Gasteiger partial charge in [0.1, 0.15) is 0 Å². The van der Waals surface area contributed by atoms with E-state index in [1.807, 2.05) is 18.7 Å². The fourth-order valence-electron chi connectivity index (χ4n) is 1.97. The predicted octanol–water partition coefficient (Wildman–Crippen LogP) is 1.34. The van der Waals surface area contributed by atoms with Crippen LogP contribution in [0, 0.1) is 0 Å². The van der Waals surface area contributed by atoms with E-state index in [9.17, 15) is 4.79 Å². The Bertz CT molecular complexity index is 223. The Hall–Kier alpha value is -0.220. The number of amides is 1. The molecular weight excluding hydrogens is 208 g/mol. The molecule has 1 fully saturated rings. The van der Waals surface area contributed by atoms with Gasteiger partial charge in [-0.25, -0.2) is 0 Å². The summed E-state index contributed by atoms with van der Waals surface area (Å²) in [6.45, 7) is 9.45. The Morgan fingerprint density at radius 1 is 1.40 bits per heavy atom. The third-order valence-corrected chi connectivity index (χ3v) is 4.07. The number of piperazine rings is 1. The second kappa shape index (κ2) is 5.75. The third-order valence-electron chi connectivity index (χ3n) is 3.19. The van der Waals surface area contributed by atoms with Crippen molar-refractivity contribution in [1.29, 1.82) is 0 Å². The van der Waals surface area contributed by atoms with Crippen molar-refractivity contribution in [3.05, 3.63) is 0 Å². The average Bonchev–Trinajstić information content (AvgIpc) is 2.20. The summed E-state index contributed by atoms with van der Waals surface area (Å²) in [4.78, 5) is 13.9. The molecule has 1 heterocycles. The van der Waals surface area contributed by atoms with Crippen LogP contribution in [-0.2, 0) is 4.79 Å². The monoisotopic (exact) mass is 230 g/mol. The van der Waals surface area contributed by atoms with Crippen LogP contribution in [0.4, 0.5) is 0 Å². The van der Waals surface area contributed by atoms with Crippen LogP contribution in [0.25, 0.3) is 0 Å². The minimum Gasteiger partial charge on any atom is -0.351 e. The molecule has 0 aromatic rings. The molecule has 0 aliphatic carbocycles. The maximum Gasteiger partial charge on any atom is 0.237 e. The van der Waals surface area contributed by atoms with Crippen LogP contribution in [0.1, 0.15) is 27.7 Å². The van der Waals surface area contributed by atoms with Gasteiger partial charge >= 0.3 is 0 Å². The van der Waals surface area contributed by atoms with Crippen molar-refractivity contribution in [3.63, 3.8) is 0 Å². The molecule has 0 radical (unpaired) electrons. The summed E-state index contributed by atoms with van der Waals surface area (Å²) < 4.78 is 0. The van der Waals surface area contributed by atoms with E-state index in [2.05, 4.69) is 31.0 Å². The molecule has 1 aliphatic rings. The average molecular weight is 230 g/mol. The minimum absolute atomic E-state index is 0.0219. The Balaban J connectivity index is 2.53. The van der Waals surface area contributed by atoms with Crippen LogP contribution in [0.3, 0.4) is 0 Å². The second-order valence-corrected chi connectivity index (χ2v) is 5.54. The van der Waals surface area contributed by atoms with Crippen molar-refractivity contribution in [2.24, 2.45) is 0 Å². The van der Waals surface area contributed by atoms with Gasteiger partial charge in [0.15, 0.2) is 0 Å². The first kappa shape index (κ1) is 12.8. The fraction of sp³-hybridized carbons (Fsp3) is 0.909. The Morgan fingerprint density at radius 2 is 2.07 bits per heavy atom. The van der Waals surface area contributed by atoms with Gasteiger partial charge in [-0.3, -0.25) is 9.69 Å². The number of carbonyl (C=O) groups excluding carboxylic acids is 1. The highest BCUT2D eigenvalue weighted by Crippen LogP contribution is 2.16. The highest BCUT2D eigenvalue weighted by molar-refractivity contribution is 7.99. The third kappa shape index (κ3) is 3.11. The minimum atomic E-state index is 0.0219. The highest BCUT2D eigenvalue weighted by atomic mass is 32.2. The zero-order valence-electron chi connectivity index (χ0n) is 10.1. The predicted molar refractivity (Wildman–Crippen MR) is 66.2 cm³/mol. The quantitative estimate of drug-likeness (QED) is 0.740. The van der Waals surface area contributed by atoms with Crippen molar-refractivity contribution >= 4 is 17.7 Å². The van der Waals surface area contributed by atoms with Crippen molar-refractivity contribution in [2.45, 2.75) is 45.8 Å². The molecule has 0 aromatic carbocycles. The van der Waals surface area contributed by atoms with E-state index in [0.717, 1.165) is 18.1 Å². The van der Waals surface area contributed by atoms with E-state index in [1.165, 1.54) is 0 Å². The molecule has 3 atom stereocenters. The van der Waals surface area contributed by atoms with E-state index in [1.54, 1.807) is 0 Å². The van der Waals surface area contributed by atoms with Gasteiger partial charge in [0.05, 0.1) is 6.04 Å². The summed E-state index contributed by atoms with van der Waals surface area (Å²) >= 11 is 1.93. The summed E-state index contributed by atoms with van der Waals surface area (Å²) in [7, 11) is 0. The molecule has 0 bridgehead atoms. The van der Waals surface area contributed by atoms with Crippen molar-refractivity contribution in [3.8, 4) is 0 Å². The molecule has 1 N–H and O–H groups in total.